The molecule has 2 heterocycles. The molecule has 2 aromatic rings. The van der Waals surface area contributed by atoms with Crippen molar-refractivity contribution in [1.82, 2.24) is 5.32 Å². The molecule has 1 saturated carbocycles. The molecule has 4 rings (SSSR count). The van der Waals surface area contributed by atoms with Gasteiger partial charge >= 0.3 is 0 Å². The largest absolute Gasteiger partial charge is 0.486 e. The number of carbonyl (C=O) groups excluding carboxylic acids is 1. The van der Waals surface area contributed by atoms with Gasteiger partial charge in [-0.25, -0.2) is 0 Å². The van der Waals surface area contributed by atoms with Crippen molar-refractivity contribution in [2.24, 2.45) is 5.92 Å². The van der Waals surface area contributed by atoms with Crippen molar-refractivity contribution in [3.8, 4) is 11.5 Å². The Morgan fingerprint density at radius 3 is 2.79 bits per heavy atom. The Morgan fingerprint density at radius 2 is 2.04 bits per heavy atom. The standard InChI is InChI=1S/C19H19NO3S/c21-18(8-6-15-2-1-11-24-15)20-19(13-3-4-13)14-5-7-16-17(12-14)23-10-9-22-16/h1-2,5-8,11-13,19H,3-4,9-10H2,(H,20,21)/b8-6+. The zero-order chi connectivity index (χ0) is 16.4. The Bertz CT molecular complexity index is 750. The van der Waals surface area contributed by atoms with E-state index in [2.05, 4.69) is 5.32 Å². The van der Waals surface area contributed by atoms with Crippen molar-refractivity contribution in [2.75, 3.05) is 13.2 Å². The summed E-state index contributed by atoms with van der Waals surface area (Å²) in [6.45, 7) is 1.16. The van der Waals surface area contributed by atoms with E-state index in [1.807, 2.05) is 41.8 Å². The number of fused-ring (bicyclic) bond motifs is 1. The molecule has 0 saturated heterocycles. The summed E-state index contributed by atoms with van der Waals surface area (Å²) >= 11 is 1.62. The number of rotatable bonds is 5. The van der Waals surface area contributed by atoms with Crippen LogP contribution in [0.15, 0.2) is 41.8 Å². The molecule has 1 atom stereocenters. The molecule has 2 aliphatic rings. The average molecular weight is 341 g/mol. The summed E-state index contributed by atoms with van der Waals surface area (Å²) in [5.41, 5.74) is 1.08. The molecule has 1 aromatic heterocycles. The number of thiophene rings is 1. The van der Waals surface area contributed by atoms with Crippen molar-refractivity contribution >= 4 is 23.3 Å². The van der Waals surface area contributed by atoms with Crippen LogP contribution in [0.25, 0.3) is 6.08 Å². The maximum absolute atomic E-state index is 12.3. The number of nitrogens with one attached hydrogen (secondary N) is 1. The highest BCUT2D eigenvalue weighted by atomic mass is 32.1. The Labute approximate surface area is 145 Å². The smallest absolute Gasteiger partial charge is 0.244 e. The molecule has 124 valence electrons. The summed E-state index contributed by atoms with van der Waals surface area (Å²) in [6, 6.07) is 9.96. The highest BCUT2D eigenvalue weighted by Gasteiger charge is 2.33. The molecule has 1 N–H and O–H groups in total. The number of ether oxygens (including phenoxy) is 2. The zero-order valence-corrected chi connectivity index (χ0v) is 14.1. The van der Waals surface area contributed by atoms with E-state index in [1.165, 1.54) is 0 Å². The molecule has 1 aromatic carbocycles. The lowest BCUT2D eigenvalue weighted by atomic mass is 10.0. The predicted molar refractivity (Wildman–Crippen MR) is 94.4 cm³/mol. The first-order valence-electron chi connectivity index (χ1n) is 8.21. The Hall–Kier alpha value is -2.27. The molecule has 0 bridgehead atoms. The normalized spacial score (nSPS) is 17.7. The van der Waals surface area contributed by atoms with Gasteiger partial charge in [0.1, 0.15) is 13.2 Å². The summed E-state index contributed by atoms with van der Waals surface area (Å²) in [4.78, 5) is 13.4. The minimum Gasteiger partial charge on any atom is -0.486 e. The zero-order valence-electron chi connectivity index (χ0n) is 13.2. The average Bonchev–Trinajstić information content (AvgIpc) is 3.32. The third-order valence-corrected chi connectivity index (χ3v) is 5.10. The predicted octanol–water partition coefficient (Wildman–Crippen LogP) is 3.80. The van der Waals surface area contributed by atoms with E-state index in [9.17, 15) is 4.79 Å². The SMILES string of the molecule is O=C(/C=C/c1cccs1)NC(c1ccc2c(c1)OCCO2)C1CC1. The Kier molecular flexibility index (Phi) is 4.26. The fourth-order valence-corrected chi connectivity index (χ4v) is 3.52. The maximum atomic E-state index is 12.3. The summed E-state index contributed by atoms with van der Waals surface area (Å²) in [6.07, 6.45) is 5.76. The van der Waals surface area contributed by atoms with Crippen molar-refractivity contribution in [3.63, 3.8) is 0 Å². The third kappa shape index (κ3) is 3.46. The molecular formula is C19H19NO3S. The van der Waals surface area contributed by atoms with Crippen LogP contribution < -0.4 is 14.8 Å². The van der Waals surface area contributed by atoms with Crippen LogP contribution in [0, 0.1) is 5.92 Å². The number of benzene rings is 1. The number of hydrogen-bond acceptors (Lipinski definition) is 4. The van der Waals surface area contributed by atoms with Gasteiger partial charge in [0, 0.05) is 11.0 Å². The van der Waals surface area contributed by atoms with Crippen LogP contribution in [0.2, 0.25) is 0 Å². The lowest BCUT2D eigenvalue weighted by Gasteiger charge is -2.22. The fraction of sp³-hybridized carbons (Fsp3) is 0.316. The summed E-state index contributed by atoms with van der Waals surface area (Å²) in [7, 11) is 0. The monoisotopic (exact) mass is 341 g/mol. The fourth-order valence-electron chi connectivity index (χ4n) is 2.90. The molecule has 1 aliphatic heterocycles. The first-order valence-corrected chi connectivity index (χ1v) is 9.09. The van der Waals surface area contributed by atoms with Gasteiger partial charge < -0.3 is 14.8 Å². The second kappa shape index (κ2) is 6.69. The molecule has 4 nitrogen and oxygen atoms in total. The van der Waals surface area contributed by atoms with Crippen LogP contribution in [0.3, 0.4) is 0 Å². The topological polar surface area (TPSA) is 47.6 Å². The first-order chi connectivity index (χ1) is 11.8. The molecule has 0 spiro atoms. The van der Waals surface area contributed by atoms with Crippen molar-refractivity contribution in [3.05, 3.63) is 52.2 Å². The highest BCUT2D eigenvalue weighted by molar-refractivity contribution is 7.10. The van der Waals surface area contributed by atoms with Crippen LogP contribution in [-0.4, -0.2) is 19.1 Å². The minimum atomic E-state index is -0.0600. The van der Waals surface area contributed by atoms with Crippen LogP contribution in [0.1, 0.15) is 29.3 Å². The van der Waals surface area contributed by atoms with Gasteiger partial charge in [-0.1, -0.05) is 12.1 Å². The number of amides is 1. The van der Waals surface area contributed by atoms with Gasteiger partial charge in [-0.05, 0) is 54.0 Å². The molecule has 1 aliphatic carbocycles. The van der Waals surface area contributed by atoms with Gasteiger partial charge in [0.25, 0.3) is 0 Å². The molecule has 1 amide bonds. The van der Waals surface area contributed by atoms with Gasteiger partial charge in [-0.2, -0.15) is 0 Å². The van der Waals surface area contributed by atoms with Crippen LogP contribution in [0.5, 0.6) is 11.5 Å². The second-order valence-electron chi connectivity index (χ2n) is 6.08. The van der Waals surface area contributed by atoms with Crippen molar-refractivity contribution < 1.29 is 14.3 Å². The molecule has 24 heavy (non-hydrogen) atoms. The molecule has 5 heteroatoms. The number of carbonyl (C=O) groups is 1. The van der Waals surface area contributed by atoms with Crippen molar-refractivity contribution in [2.45, 2.75) is 18.9 Å². The van der Waals surface area contributed by atoms with E-state index in [0.29, 0.717) is 19.1 Å². The first kappa shape index (κ1) is 15.3. The summed E-state index contributed by atoms with van der Waals surface area (Å²) in [5, 5.41) is 5.15. The quantitative estimate of drug-likeness (QED) is 0.842. The minimum absolute atomic E-state index is 0.0290. The molecule has 0 radical (unpaired) electrons. The van der Waals surface area contributed by atoms with Gasteiger partial charge in [-0.15, -0.1) is 11.3 Å². The van der Waals surface area contributed by atoms with Crippen LogP contribution >= 0.6 is 11.3 Å². The lowest BCUT2D eigenvalue weighted by Crippen LogP contribution is -2.28. The van der Waals surface area contributed by atoms with Crippen LogP contribution in [-0.2, 0) is 4.79 Å². The third-order valence-electron chi connectivity index (χ3n) is 4.26. The van der Waals surface area contributed by atoms with Gasteiger partial charge in [0.2, 0.25) is 5.91 Å². The highest BCUT2D eigenvalue weighted by Crippen LogP contribution is 2.43. The number of hydrogen-bond donors (Lipinski definition) is 1. The van der Waals surface area contributed by atoms with Gasteiger partial charge in [0.15, 0.2) is 11.5 Å². The van der Waals surface area contributed by atoms with Gasteiger partial charge in [-0.3, -0.25) is 4.79 Å². The van der Waals surface area contributed by atoms with Crippen LogP contribution in [0.4, 0.5) is 0 Å². The molecule has 1 fully saturated rings. The van der Waals surface area contributed by atoms with E-state index < -0.39 is 0 Å². The molecular weight excluding hydrogens is 322 g/mol. The summed E-state index contributed by atoms with van der Waals surface area (Å²) in [5.74, 6) is 2.00. The van der Waals surface area contributed by atoms with E-state index in [4.69, 9.17) is 9.47 Å². The Balaban J connectivity index is 1.49. The second-order valence-corrected chi connectivity index (χ2v) is 7.05. The molecule has 1 unspecified atom stereocenters. The summed E-state index contributed by atoms with van der Waals surface area (Å²) < 4.78 is 11.2. The van der Waals surface area contributed by atoms with Crippen molar-refractivity contribution in [1.29, 1.82) is 0 Å². The maximum Gasteiger partial charge on any atom is 0.244 e. The van der Waals surface area contributed by atoms with E-state index in [-0.39, 0.29) is 11.9 Å². The van der Waals surface area contributed by atoms with E-state index >= 15 is 0 Å². The van der Waals surface area contributed by atoms with E-state index in [0.717, 1.165) is 34.8 Å². The lowest BCUT2D eigenvalue weighted by molar-refractivity contribution is -0.117. The van der Waals surface area contributed by atoms with E-state index in [1.54, 1.807) is 17.4 Å². The van der Waals surface area contributed by atoms with Gasteiger partial charge in [0.05, 0.1) is 6.04 Å². The Morgan fingerprint density at radius 1 is 1.21 bits per heavy atom.